The number of rotatable bonds is 6. The minimum atomic E-state index is -3.61. The van der Waals surface area contributed by atoms with Gasteiger partial charge in [-0.15, -0.1) is 0 Å². The molecular formula is C20H22FNO5S. The summed E-state index contributed by atoms with van der Waals surface area (Å²) >= 11 is 0. The van der Waals surface area contributed by atoms with E-state index in [9.17, 15) is 17.6 Å². The number of allylic oxidation sites excluding steroid dienone is 6. The Balaban J connectivity index is 1.58. The molecule has 1 saturated heterocycles. The highest BCUT2D eigenvalue weighted by Gasteiger charge is 2.37. The number of ether oxygens (including phenoxy) is 1. The third-order valence-corrected chi connectivity index (χ3v) is 7.09. The van der Waals surface area contributed by atoms with E-state index >= 15 is 0 Å². The molecule has 150 valence electrons. The molecule has 0 saturated carbocycles. The predicted molar refractivity (Wildman–Crippen MR) is 103 cm³/mol. The molecule has 1 amide bonds. The monoisotopic (exact) mass is 407 g/mol. The van der Waals surface area contributed by atoms with Crippen LogP contribution < -0.4 is 4.74 Å². The van der Waals surface area contributed by atoms with Gasteiger partial charge in [0.15, 0.2) is 16.4 Å². The van der Waals surface area contributed by atoms with E-state index in [1.165, 1.54) is 23.1 Å². The number of amides is 1. The fourth-order valence-electron chi connectivity index (χ4n) is 3.14. The highest BCUT2D eigenvalue weighted by atomic mass is 32.2. The van der Waals surface area contributed by atoms with E-state index in [0.717, 1.165) is 11.6 Å². The van der Waals surface area contributed by atoms with Gasteiger partial charge < -0.3 is 14.7 Å². The molecule has 1 aliphatic carbocycles. The molecule has 1 N–H and O–H groups in total. The first-order valence-electron chi connectivity index (χ1n) is 8.97. The van der Waals surface area contributed by atoms with Gasteiger partial charge in [0.2, 0.25) is 0 Å². The summed E-state index contributed by atoms with van der Waals surface area (Å²) in [5.41, 5.74) is 0.739. The number of benzene rings is 1. The van der Waals surface area contributed by atoms with Gasteiger partial charge in [-0.3, -0.25) is 4.79 Å². The Labute approximate surface area is 163 Å². The SMILES string of the molecule is O=C(COc1ccc(CO)cc1)N1CCC(S(=O)(=O)C2=CC=C(F)C=CC2)C1. The molecule has 2 aliphatic rings. The second-order valence-electron chi connectivity index (χ2n) is 6.68. The first kappa shape index (κ1) is 20.3. The van der Waals surface area contributed by atoms with Crippen LogP contribution in [0.2, 0.25) is 0 Å². The van der Waals surface area contributed by atoms with E-state index in [1.807, 2.05) is 0 Å². The Bertz CT molecular complexity index is 918. The second kappa shape index (κ2) is 8.70. The van der Waals surface area contributed by atoms with E-state index in [0.29, 0.717) is 18.7 Å². The van der Waals surface area contributed by atoms with Crippen LogP contribution in [0.15, 0.2) is 59.3 Å². The number of carbonyl (C=O) groups excluding carboxylic acids is 1. The molecule has 1 heterocycles. The second-order valence-corrected chi connectivity index (χ2v) is 8.96. The molecule has 3 rings (SSSR count). The first-order chi connectivity index (χ1) is 13.4. The molecule has 0 radical (unpaired) electrons. The molecule has 1 unspecified atom stereocenters. The van der Waals surface area contributed by atoms with Crippen LogP contribution in [0.1, 0.15) is 18.4 Å². The van der Waals surface area contributed by atoms with Crippen molar-refractivity contribution in [3.63, 3.8) is 0 Å². The Morgan fingerprint density at radius 3 is 2.71 bits per heavy atom. The van der Waals surface area contributed by atoms with E-state index in [4.69, 9.17) is 9.84 Å². The number of hydrogen-bond donors (Lipinski definition) is 1. The molecule has 1 fully saturated rings. The van der Waals surface area contributed by atoms with Gasteiger partial charge >= 0.3 is 0 Å². The maximum Gasteiger partial charge on any atom is 0.260 e. The molecule has 28 heavy (non-hydrogen) atoms. The zero-order valence-electron chi connectivity index (χ0n) is 15.3. The molecule has 8 heteroatoms. The van der Waals surface area contributed by atoms with Crippen LogP contribution in [-0.4, -0.2) is 49.3 Å². The summed E-state index contributed by atoms with van der Waals surface area (Å²) < 4.78 is 44.3. The first-order valence-corrected chi connectivity index (χ1v) is 10.5. The molecule has 1 aromatic carbocycles. The number of nitrogens with zero attached hydrogens (tertiary/aromatic N) is 1. The van der Waals surface area contributed by atoms with Crippen molar-refractivity contribution in [1.82, 2.24) is 4.90 Å². The third-order valence-electron chi connectivity index (χ3n) is 4.79. The van der Waals surface area contributed by atoms with Crippen molar-refractivity contribution >= 4 is 15.7 Å². The highest BCUT2D eigenvalue weighted by Crippen LogP contribution is 2.27. The van der Waals surface area contributed by atoms with Crippen molar-refractivity contribution in [1.29, 1.82) is 0 Å². The lowest BCUT2D eigenvalue weighted by Gasteiger charge is -2.17. The fraction of sp³-hybridized carbons (Fsp3) is 0.350. The summed E-state index contributed by atoms with van der Waals surface area (Å²) in [6, 6.07) is 6.72. The van der Waals surface area contributed by atoms with Crippen LogP contribution in [0.5, 0.6) is 5.75 Å². The molecule has 1 aromatic rings. The number of aliphatic hydroxyl groups is 1. The topological polar surface area (TPSA) is 83.9 Å². The van der Waals surface area contributed by atoms with Crippen molar-refractivity contribution in [2.24, 2.45) is 0 Å². The number of hydrogen-bond acceptors (Lipinski definition) is 5. The zero-order chi connectivity index (χ0) is 20.1. The summed E-state index contributed by atoms with van der Waals surface area (Å²) in [6.45, 7) is 0.173. The van der Waals surface area contributed by atoms with Crippen LogP contribution >= 0.6 is 0 Å². The average Bonchev–Trinajstić information content (AvgIpc) is 3.10. The quantitative estimate of drug-likeness (QED) is 0.782. The maximum absolute atomic E-state index is 13.3. The van der Waals surface area contributed by atoms with Crippen LogP contribution in [0.25, 0.3) is 0 Å². The Hall–Kier alpha value is -2.45. The van der Waals surface area contributed by atoms with Crippen molar-refractivity contribution in [3.8, 4) is 5.75 Å². The summed E-state index contributed by atoms with van der Waals surface area (Å²) in [4.78, 5) is 14.0. The molecule has 1 atom stereocenters. The largest absolute Gasteiger partial charge is 0.484 e. The van der Waals surface area contributed by atoms with Crippen molar-refractivity contribution in [3.05, 3.63) is 64.9 Å². The average molecular weight is 407 g/mol. The zero-order valence-corrected chi connectivity index (χ0v) is 16.1. The minimum Gasteiger partial charge on any atom is -0.484 e. The van der Waals surface area contributed by atoms with Gasteiger partial charge in [-0.2, -0.15) is 0 Å². The van der Waals surface area contributed by atoms with E-state index in [1.54, 1.807) is 24.3 Å². The normalized spacial score (nSPS) is 19.8. The molecule has 6 nitrogen and oxygen atoms in total. The summed E-state index contributed by atoms with van der Waals surface area (Å²) in [5.74, 6) is -0.277. The van der Waals surface area contributed by atoms with Crippen LogP contribution in [0.3, 0.4) is 0 Å². The molecular weight excluding hydrogens is 385 g/mol. The molecule has 0 bridgehead atoms. The summed E-state index contributed by atoms with van der Waals surface area (Å²) in [7, 11) is -3.61. The minimum absolute atomic E-state index is 0.0719. The fourth-order valence-corrected chi connectivity index (χ4v) is 4.95. The van der Waals surface area contributed by atoms with Gasteiger partial charge in [-0.1, -0.05) is 18.2 Å². The lowest BCUT2D eigenvalue weighted by Crippen LogP contribution is -2.35. The van der Waals surface area contributed by atoms with Crippen molar-refractivity contribution in [2.45, 2.75) is 24.7 Å². The maximum atomic E-state index is 13.3. The summed E-state index contributed by atoms with van der Waals surface area (Å²) in [5, 5.41) is 8.32. The van der Waals surface area contributed by atoms with Gasteiger partial charge in [-0.05, 0) is 42.3 Å². The molecule has 0 aromatic heterocycles. The van der Waals surface area contributed by atoms with Crippen LogP contribution in [0, 0.1) is 0 Å². The van der Waals surface area contributed by atoms with Gasteiger partial charge in [-0.25, -0.2) is 12.8 Å². The Kier molecular flexibility index (Phi) is 6.31. The van der Waals surface area contributed by atoms with Crippen LogP contribution in [-0.2, 0) is 21.2 Å². The van der Waals surface area contributed by atoms with E-state index in [-0.39, 0.29) is 37.0 Å². The Morgan fingerprint density at radius 1 is 1.25 bits per heavy atom. The number of aliphatic hydroxyl groups excluding tert-OH is 1. The van der Waals surface area contributed by atoms with Gasteiger partial charge in [0.25, 0.3) is 5.91 Å². The van der Waals surface area contributed by atoms with Crippen molar-refractivity contribution in [2.75, 3.05) is 19.7 Å². The number of halogens is 1. The van der Waals surface area contributed by atoms with Crippen molar-refractivity contribution < 1.29 is 27.4 Å². The van der Waals surface area contributed by atoms with E-state index in [2.05, 4.69) is 0 Å². The van der Waals surface area contributed by atoms with Crippen LogP contribution in [0.4, 0.5) is 4.39 Å². The summed E-state index contributed by atoms with van der Waals surface area (Å²) in [6.07, 6.45) is 5.65. The van der Waals surface area contributed by atoms with Gasteiger partial charge in [0, 0.05) is 24.4 Å². The Morgan fingerprint density at radius 2 is 2.00 bits per heavy atom. The highest BCUT2D eigenvalue weighted by molar-refractivity contribution is 7.95. The lowest BCUT2D eigenvalue weighted by atomic mass is 10.2. The third kappa shape index (κ3) is 4.69. The van der Waals surface area contributed by atoms with Gasteiger partial charge in [0.05, 0.1) is 11.9 Å². The molecule has 1 aliphatic heterocycles. The standard InChI is InChI=1S/C20H22FNO5S/c21-16-2-1-3-18(9-6-16)28(25,26)19-10-11-22(12-19)20(24)14-27-17-7-4-15(13-23)5-8-17/h1-2,4-9,19,23H,3,10-14H2. The molecule has 0 spiro atoms. The number of sulfone groups is 1. The number of carbonyl (C=O) groups is 1. The number of likely N-dealkylation sites (tertiary alicyclic amines) is 1. The predicted octanol–water partition coefficient (Wildman–Crippen LogP) is 2.27. The lowest BCUT2D eigenvalue weighted by molar-refractivity contribution is -0.132. The smallest absolute Gasteiger partial charge is 0.260 e. The van der Waals surface area contributed by atoms with E-state index < -0.39 is 20.9 Å². The van der Waals surface area contributed by atoms with Gasteiger partial charge in [0.1, 0.15) is 11.6 Å².